The highest BCUT2D eigenvalue weighted by Gasteiger charge is 2.21. The van der Waals surface area contributed by atoms with E-state index in [1.807, 2.05) is 0 Å². The number of aryl methyl sites for hydroxylation is 1. The lowest BCUT2D eigenvalue weighted by Crippen LogP contribution is -2.31. The molecule has 0 radical (unpaired) electrons. The van der Waals surface area contributed by atoms with Crippen LogP contribution in [0.4, 0.5) is 8.78 Å². The van der Waals surface area contributed by atoms with Crippen LogP contribution in [0.25, 0.3) is 0 Å². The summed E-state index contributed by atoms with van der Waals surface area (Å²) >= 11 is 0. The Hall–Kier alpha value is -2.05. The summed E-state index contributed by atoms with van der Waals surface area (Å²) in [7, 11) is 1.52. The number of nitrogens with one attached hydrogen (secondary N) is 1. The lowest BCUT2D eigenvalue weighted by Gasteiger charge is -2.18. The van der Waals surface area contributed by atoms with Gasteiger partial charge in [-0.3, -0.25) is 11.3 Å². The number of hydrogen-bond donors (Lipinski definition) is 2. The van der Waals surface area contributed by atoms with Crippen LogP contribution >= 0.6 is 0 Å². The van der Waals surface area contributed by atoms with Crippen LogP contribution in [-0.2, 0) is 6.42 Å². The third kappa shape index (κ3) is 3.34. The number of halogens is 2. The minimum atomic E-state index is -0.680. The van der Waals surface area contributed by atoms with Crippen molar-refractivity contribution in [1.82, 2.24) is 10.4 Å². The maximum atomic E-state index is 14.1. The van der Waals surface area contributed by atoms with E-state index < -0.39 is 17.7 Å². The molecule has 6 heteroatoms. The van der Waals surface area contributed by atoms with Gasteiger partial charge < -0.3 is 4.74 Å². The maximum absolute atomic E-state index is 14.1. The van der Waals surface area contributed by atoms with Crippen LogP contribution in [0.3, 0.4) is 0 Å². The van der Waals surface area contributed by atoms with Gasteiger partial charge in [0.25, 0.3) is 0 Å². The summed E-state index contributed by atoms with van der Waals surface area (Å²) < 4.78 is 33.0. The highest BCUT2D eigenvalue weighted by Crippen LogP contribution is 2.25. The SMILES string of the molecule is COc1ccc(CC(NN)c2c(F)ccc(C)c2F)cn1. The molecule has 1 unspecified atom stereocenters. The number of benzene rings is 1. The zero-order valence-electron chi connectivity index (χ0n) is 11.9. The molecule has 1 heterocycles. The van der Waals surface area contributed by atoms with Gasteiger partial charge in [0.2, 0.25) is 5.88 Å². The maximum Gasteiger partial charge on any atom is 0.212 e. The van der Waals surface area contributed by atoms with Gasteiger partial charge in [0, 0.05) is 17.8 Å². The van der Waals surface area contributed by atoms with Gasteiger partial charge in [-0.15, -0.1) is 0 Å². The number of nitrogens with zero attached hydrogens (tertiary/aromatic N) is 1. The lowest BCUT2D eigenvalue weighted by atomic mass is 9.97. The number of hydrazine groups is 1. The molecular weight excluding hydrogens is 276 g/mol. The van der Waals surface area contributed by atoms with Crippen LogP contribution in [0.2, 0.25) is 0 Å². The van der Waals surface area contributed by atoms with E-state index in [-0.39, 0.29) is 5.56 Å². The molecule has 1 aromatic heterocycles. The quantitative estimate of drug-likeness (QED) is 0.656. The van der Waals surface area contributed by atoms with E-state index in [2.05, 4.69) is 10.4 Å². The monoisotopic (exact) mass is 293 g/mol. The van der Waals surface area contributed by atoms with Crippen molar-refractivity contribution < 1.29 is 13.5 Å². The molecule has 0 saturated heterocycles. The Morgan fingerprint density at radius 1 is 1.29 bits per heavy atom. The van der Waals surface area contributed by atoms with Gasteiger partial charge in [-0.25, -0.2) is 13.8 Å². The number of aromatic nitrogens is 1. The van der Waals surface area contributed by atoms with E-state index in [0.717, 1.165) is 5.56 Å². The summed E-state index contributed by atoms with van der Waals surface area (Å²) in [5.41, 5.74) is 3.57. The number of methoxy groups -OCH3 is 1. The van der Waals surface area contributed by atoms with E-state index in [9.17, 15) is 8.78 Å². The van der Waals surface area contributed by atoms with E-state index >= 15 is 0 Å². The first-order chi connectivity index (χ1) is 10.1. The summed E-state index contributed by atoms with van der Waals surface area (Å²) in [6, 6.07) is 5.43. The van der Waals surface area contributed by atoms with Crippen LogP contribution in [0, 0.1) is 18.6 Å². The highest BCUT2D eigenvalue weighted by atomic mass is 19.1. The van der Waals surface area contributed by atoms with Gasteiger partial charge in [-0.05, 0) is 30.5 Å². The minimum Gasteiger partial charge on any atom is -0.481 e. The van der Waals surface area contributed by atoms with Gasteiger partial charge in [-0.2, -0.15) is 0 Å². The van der Waals surface area contributed by atoms with Crippen LogP contribution in [0.15, 0.2) is 30.5 Å². The number of rotatable bonds is 5. The molecule has 112 valence electrons. The molecule has 21 heavy (non-hydrogen) atoms. The highest BCUT2D eigenvalue weighted by molar-refractivity contribution is 5.31. The topological polar surface area (TPSA) is 60.2 Å². The molecule has 4 nitrogen and oxygen atoms in total. The smallest absolute Gasteiger partial charge is 0.212 e. The van der Waals surface area contributed by atoms with Gasteiger partial charge >= 0.3 is 0 Å². The normalized spacial score (nSPS) is 12.2. The van der Waals surface area contributed by atoms with Gasteiger partial charge in [-0.1, -0.05) is 12.1 Å². The van der Waals surface area contributed by atoms with E-state index in [1.165, 1.54) is 19.2 Å². The zero-order valence-corrected chi connectivity index (χ0v) is 11.9. The number of nitrogens with two attached hydrogens (primary N) is 1. The van der Waals surface area contributed by atoms with Crippen molar-refractivity contribution in [3.8, 4) is 5.88 Å². The summed E-state index contributed by atoms with van der Waals surface area (Å²) in [6.07, 6.45) is 1.90. The Labute approximate surface area is 121 Å². The second kappa shape index (κ2) is 6.60. The third-order valence-corrected chi connectivity index (χ3v) is 3.32. The third-order valence-electron chi connectivity index (χ3n) is 3.32. The first kappa shape index (κ1) is 15.3. The minimum absolute atomic E-state index is 0.0617. The zero-order chi connectivity index (χ0) is 15.4. The molecule has 0 fully saturated rings. The van der Waals surface area contributed by atoms with Crippen molar-refractivity contribution in [3.63, 3.8) is 0 Å². The first-order valence-electron chi connectivity index (χ1n) is 6.46. The fourth-order valence-corrected chi connectivity index (χ4v) is 2.13. The standard InChI is InChI=1S/C15H17F2N3O/c1-9-3-5-11(16)14(15(9)17)12(20-18)7-10-4-6-13(21-2)19-8-10/h3-6,8,12,20H,7,18H2,1-2H3. The number of ether oxygens (including phenoxy) is 1. The van der Waals surface area contributed by atoms with Gasteiger partial charge in [0.1, 0.15) is 11.6 Å². The van der Waals surface area contributed by atoms with E-state index in [1.54, 1.807) is 25.3 Å². The fourth-order valence-electron chi connectivity index (χ4n) is 2.13. The van der Waals surface area contributed by atoms with Crippen molar-refractivity contribution in [2.45, 2.75) is 19.4 Å². The Morgan fingerprint density at radius 3 is 2.62 bits per heavy atom. The average molecular weight is 293 g/mol. The number of pyridine rings is 1. The van der Waals surface area contributed by atoms with Crippen molar-refractivity contribution in [3.05, 3.63) is 58.8 Å². The van der Waals surface area contributed by atoms with Gasteiger partial charge in [0.05, 0.1) is 13.2 Å². The van der Waals surface area contributed by atoms with Crippen molar-refractivity contribution in [1.29, 1.82) is 0 Å². The van der Waals surface area contributed by atoms with Crippen LogP contribution in [0.1, 0.15) is 22.7 Å². The summed E-state index contributed by atoms with van der Waals surface area (Å²) in [4.78, 5) is 4.06. The molecule has 0 aliphatic carbocycles. The van der Waals surface area contributed by atoms with Crippen molar-refractivity contribution in [2.75, 3.05) is 7.11 Å². The second-order valence-electron chi connectivity index (χ2n) is 4.72. The van der Waals surface area contributed by atoms with Gasteiger partial charge in [0.15, 0.2) is 0 Å². The van der Waals surface area contributed by atoms with Crippen LogP contribution in [0.5, 0.6) is 5.88 Å². The summed E-state index contributed by atoms with van der Waals surface area (Å²) in [5, 5.41) is 0. The molecule has 0 spiro atoms. The molecule has 3 N–H and O–H groups in total. The average Bonchev–Trinajstić information content (AvgIpc) is 2.51. The largest absolute Gasteiger partial charge is 0.481 e. The summed E-state index contributed by atoms with van der Waals surface area (Å²) in [6.45, 7) is 1.58. The first-order valence-corrected chi connectivity index (χ1v) is 6.46. The van der Waals surface area contributed by atoms with Crippen molar-refractivity contribution >= 4 is 0 Å². The number of hydrogen-bond acceptors (Lipinski definition) is 4. The van der Waals surface area contributed by atoms with Crippen LogP contribution in [-0.4, -0.2) is 12.1 Å². The Bertz CT molecular complexity index is 617. The van der Waals surface area contributed by atoms with E-state index in [0.29, 0.717) is 17.9 Å². The molecular formula is C15H17F2N3O. The Kier molecular flexibility index (Phi) is 4.82. The Morgan fingerprint density at radius 2 is 2.05 bits per heavy atom. The predicted octanol–water partition coefficient (Wildman–Crippen LogP) is 2.42. The van der Waals surface area contributed by atoms with Crippen LogP contribution < -0.4 is 16.0 Å². The predicted molar refractivity (Wildman–Crippen MR) is 75.7 cm³/mol. The molecule has 0 amide bonds. The second-order valence-corrected chi connectivity index (χ2v) is 4.72. The molecule has 0 saturated carbocycles. The van der Waals surface area contributed by atoms with E-state index in [4.69, 9.17) is 10.6 Å². The fraction of sp³-hybridized carbons (Fsp3) is 0.267. The molecule has 2 rings (SSSR count). The molecule has 0 aliphatic rings. The summed E-state index contributed by atoms with van der Waals surface area (Å²) in [5.74, 6) is 4.74. The molecule has 0 aliphatic heterocycles. The van der Waals surface area contributed by atoms with Crippen molar-refractivity contribution in [2.24, 2.45) is 5.84 Å². The molecule has 1 atom stereocenters. The lowest BCUT2D eigenvalue weighted by molar-refractivity contribution is 0.397. The molecule has 0 bridgehead atoms. The molecule has 1 aromatic carbocycles. The Balaban J connectivity index is 2.29. The molecule has 2 aromatic rings.